The van der Waals surface area contributed by atoms with E-state index in [-0.39, 0.29) is 18.0 Å². The third-order valence-corrected chi connectivity index (χ3v) is 2.97. The van der Waals surface area contributed by atoms with E-state index in [1.165, 1.54) is 13.4 Å². The van der Waals surface area contributed by atoms with Gasteiger partial charge in [-0.1, -0.05) is 60.7 Å². The van der Waals surface area contributed by atoms with Crippen molar-refractivity contribution < 1.29 is 19.1 Å². The molecule has 0 N–H and O–H groups in total. The van der Waals surface area contributed by atoms with Gasteiger partial charge in [0.2, 0.25) is 0 Å². The van der Waals surface area contributed by atoms with Crippen molar-refractivity contribution in [3.05, 3.63) is 78.1 Å². The summed E-state index contributed by atoms with van der Waals surface area (Å²) in [5.74, 6) is -0.851. The molecular formula is C18H16O4. The summed E-state index contributed by atoms with van der Waals surface area (Å²) in [7, 11) is 1.45. The van der Waals surface area contributed by atoms with Crippen LogP contribution in [0.2, 0.25) is 0 Å². The summed E-state index contributed by atoms with van der Waals surface area (Å²) >= 11 is 0. The molecule has 2 aromatic rings. The molecule has 0 spiro atoms. The molecule has 0 saturated carbocycles. The van der Waals surface area contributed by atoms with Crippen LogP contribution in [0.15, 0.2) is 66.9 Å². The highest BCUT2D eigenvalue weighted by Gasteiger charge is 2.16. The number of rotatable bonds is 6. The van der Waals surface area contributed by atoms with Crippen molar-refractivity contribution in [1.82, 2.24) is 0 Å². The number of carbonyl (C=O) groups excluding carboxylic acids is 2. The Kier molecular flexibility index (Phi) is 5.49. The SMILES string of the molecule is COC=C(C(=O)OCC(=O)c1ccccc1)c1ccccc1. The van der Waals surface area contributed by atoms with E-state index < -0.39 is 5.97 Å². The summed E-state index contributed by atoms with van der Waals surface area (Å²) in [6, 6.07) is 17.7. The average Bonchev–Trinajstić information content (AvgIpc) is 2.58. The smallest absolute Gasteiger partial charge is 0.342 e. The standard InChI is InChI=1S/C18H16O4/c1-21-12-16(14-8-4-2-5-9-14)18(20)22-13-17(19)15-10-6-3-7-11-15/h2-12H,13H2,1H3. The van der Waals surface area contributed by atoms with Crippen LogP contribution in [0.1, 0.15) is 15.9 Å². The minimum atomic E-state index is -0.600. The molecular weight excluding hydrogens is 280 g/mol. The van der Waals surface area contributed by atoms with Crippen molar-refractivity contribution in [3.63, 3.8) is 0 Å². The van der Waals surface area contributed by atoms with Crippen LogP contribution in [-0.2, 0) is 14.3 Å². The number of benzene rings is 2. The lowest BCUT2D eigenvalue weighted by Gasteiger charge is -2.08. The topological polar surface area (TPSA) is 52.6 Å². The van der Waals surface area contributed by atoms with Crippen molar-refractivity contribution >= 4 is 17.3 Å². The Morgan fingerprint density at radius 2 is 1.45 bits per heavy atom. The van der Waals surface area contributed by atoms with Crippen LogP contribution in [-0.4, -0.2) is 25.5 Å². The van der Waals surface area contributed by atoms with Gasteiger partial charge in [0.25, 0.3) is 0 Å². The molecule has 0 bridgehead atoms. The fourth-order valence-corrected chi connectivity index (χ4v) is 1.89. The maximum absolute atomic E-state index is 12.1. The number of ketones is 1. The Bertz CT molecular complexity index is 660. The summed E-state index contributed by atoms with van der Waals surface area (Å²) in [6.45, 7) is -0.309. The van der Waals surface area contributed by atoms with Crippen LogP contribution >= 0.6 is 0 Å². The number of methoxy groups -OCH3 is 1. The summed E-state index contributed by atoms with van der Waals surface area (Å²) in [4.78, 5) is 24.1. The first-order valence-electron chi connectivity index (χ1n) is 6.76. The van der Waals surface area contributed by atoms with Gasteiger partial charge in [-0.05, 0) is 5.56 Å². The Morgan fingerprint density at radius 3 is 2.00 bits per heavy atom. The fraction of sp³-hybridized carbons (Fsp3) is 0.111. The number of Topliss-reactive ketones (excluding diaryl/α,β-unsaturated/α-hetero) is 1. The zero-order valence-corrected chi connectivity index (χ0v) is 12.2. The number of ether oxygens (including phenoxy) is 2. The quantitative estimate of drug-likeness (QED) is 0.356. The third kappa shape index (κ3) is 4.06. The first-order chi connectivity index (χ1) is 10.7. The molecule has 0 aromatic heterocycles. The minimum Gasteiger partial charge on any atom is -0.503 e. The second-order valence-corrected chi connectivity index (χ2v) is 4.50. The van der Waals surface area contributed by atoms with Crippen molar-refractivity contribution in [2.75, 3.05) is 13.7 Å². The van der Waals surface area contributed by atoms with Gasteiger partial charge >= 0.3 is 5.97 Å². The molecule has 0 fully saturated rings. The molecule has 0 amide bonds. The molecule has 112 valence electrons. The highest BCUT2D eigenvalue weighted by molar-refractivity contribution is 6.16. The molecule has 0 radical (unpaired) electrons. The summed E-state index contributed by atoms with van der Waals surface area (Å²) in [5, 5.41) is 0. The molecule has 0 atom stereocenters. The van der Waals surface area contributed by atoms with Crippen molar-refractivity contribution in [2.45, 2.75) is 0 Å². The van der Waals surface area contributed by atoms with E-state index in [4.69, 9.17) is 9.47 Å². The van der Waals surface area contributed by atoms with E-state index >= 15 is 0 Å². The summed E-state index contributed by atoms with van der Waals surface area (Å²) < 4.78 is 10.0. The zero-order chi connectivity index (χ0) is 15.8. The van der Waals surface area contributed by atoms with Crippen molar-refractivity contribution in [1.29, 1.82) is 0 Å². The third-order valence-electron chi connectivity index (χ3n) is 2.97. The largest absolute Gasteiger partial charge is 0.503 e. The lowest BCUT2D eigenvalue weighted by Crippen LogP contribution is -2.15. The molecule has 2 rings (SSSR count). The molecule has 4 nitrogen and oxygen atoms in total. The minimum absolute atomic E-state index is 0.251. The molecule has 2 aromatic carbocycles. The average molecular weight is 296 g/mol. The molecule has 4 heteroatoms. The number of carbonyl (C=O) groups is 2. The Hall–Kier alpha value is -2.88. The van der Waals surface area contributed by atoms with Gasteiger partial charge in [-0.3, -0.25) is 4.79 Å². The lowest BCUT2D eigenvalue weighted by atomic mass is 10.1. The monoisotopic (exact) mass is 296 g/mol. The van der Waals surface area contributed by atoms with E-state index in [2.05, 4.69) is 0 Å². The molecule has 0 aliphatic carbocycles. The lowest BCUT2D eigenvalue weighted by molar-refractivity contribution is -0.135. The maximum Gasteiger partial charge on any atom is 0.342 e. The van der Waals surface area contributed by atoms with Crippen LogP contribution in [0.5, 0.6) is 0 Å². The maximum atomic E-state index is 12.1. The molecule has 0 aliphatic rings. The molecule has 22 heavy (non-hydrogen) atoms. The first kappa shape index (κ1) is 15.5. The number of esters is 1. The van der Waals surface area contributed by atoms with Gasteiger partial charge in [-0.2, -0.15) is 0 Å². The van der Waals surface area contributed by atoms with Crippen LogP contribution < -0.4 is 0 Å². The predicted octanol–water partition coefficient (Wildman–Crippen LogP) is 3.10. The second kappa shape index (κ2) is 7.78. The van der Waals surface area contributed by atoms with Crippen LogP contribution in [0.3, 0.4) is 0 Å². The summed E-state index contributed by atoms with van der Waals surface area (Å²) in [5.41, 5.74) is 1.44. The van der Waals surface area contributed by atoms with E-state index in [0.29, 0.717) is 11.1 Å². The molecule has 0 aliphatic heterocycles. The number of hydrogen-bond acceptors (Lipinski definition) is 4. The predicted molar refractivity (Wildman–Crippen MR) is 83.2 cm³/mol. The van der Waals surface area contributed by atoms with E-state index in [9.17, 15) is 9.59 Å². The zero-order valence-electron chi connectivity index (χ0n) is 12.2. The van der Waals surface area contributed by atoms with Crippen LogP contribution in [0.4, 0.5) is 0 Å². The van der Waals surface area contributed by atoms with Gasteiger partial charge in [0, 0.05) is 5.56 Å². The van der Waals surface area contributed by atoms with E-state index in [1.807, 2.05) is 12.1 Å². The van der Waals surface area contributed by atoms with Crippen molar-refractivity contribution in [3.8, 4) is 0 Å². The Morgan fingerprint density at radius 1 is 0.909 bits per heavy atom. The van der Waals surface area contributed by atoms with E-state index in [0.717, 1.165) is 0 Å². The summed E-state index contributed by atoms with van der Waals surface area (Å²) in [6.07, 6.45) is 1.31. The normalized spacial score (nSPS) is 10.9. The highest BCUT2D eigenvalue weighted by atomic mass is 16.5. The van der Waals surface area contributed by atoms with Gasteiger partial charge in [-0.15, -0.1) is 0 Å². The Balaban J connectivity index is 2.04. The first-order valence-corrected chi connectivity index (χ1v) is 6.76. The molecule has 0 saturated heterocycles. The van der Waals surface area contributed by atoms with Crippen molar-refractivity contribution in [2.24, 2.45) is 0 Å². The molecule has 0 heterocycles. The highest BCUT2D eigenvalue weighted by Crippen LogP contribution is 2.16. The van der Waals surface area contributed by atoms with E-state index in [1.54, 1.807) is 48.5 Å². The van der Waals surface area contributed by atoms with Crippen LogP contribution in [0.25, 0.3) is 5.57 Å². The van der Waals surface area contributed by atoms with Gasteiger partial charge < -0.3 is 9.47 Å². The fourth-order valence-electron chi connectivity index (χ4n) is 1.89. The molecule has 0 unspecified atom stereocenters. The second-order valence-electron chi connectivity index (χ2n) is 4.50. The van der Waals surface area contributed by atoms with Gasteiger partial charge in [-0.25, -0.2) is 4.79 Å². The van der Waals surface area contributed by atoms with Gasteiger partial charge in [0.1, 0.15) is 5.57 Å². The van der Waals surface area contributed by atoms with Gasteiger partial charge in [0.05, 0.1) is 13.4 Å². The van der Waals surface area contributed by atoms with Gasteiger partial charge in [0.15, 0.2) is 12.4 Å². The number of hydrogen-bond donors (Lipinski definition) is 0. The Labute approximate surface area is 129 Å². The van der Waals surface area contributed by atoms with Crippen LogP contribution in [0, 0.1) is 0 Å².